The second-order valence-electron chi connectivity index (χ2n) is 6.44. The van der Waals surface area contributed by atoms with Crippen molar-refractivity contribution in [3.05, 3.63) is 94.6 Å². The molecule has 1 aromatic carbocycles. The number of benzene rings is 1. The standard InChI is InChI=1S/C22H19ClN2/c1-15-6-5-11-25-14-20(16(2)12-21(15)25)19-9-4-10-24-22(19)17-7-3-8-18(23)13-17/h3-5,7-14H,6H2,1-2H3. The molecule has 3 heteroatoms. The summed E-state index contributed by atoms with van der Waals surface area (Å²) in [5.74, 6) is 0. The maximum atomic E-state index is 6.19. The number of aromatic nitrogens is 1. The van der Waals surface area contributed by atoms with Gasteiger partial charge in [0, 0.05) is 46.0 Å². The third-order valence-corrected chi connectivity index (χ3v) is 4.88. The minimum atomic E-state index is 0.721. The third-order valence-electron chi connectivity index (χ3n) is 4.65. The summed E-state index contributed by atoms with van der Waals surface area (Å²) < 4.78 is 0. The van der Waals surface area contributed by atoms with Gasteiger partial charge in [-0.3, -0.25) is 4.98 Å². The number of hydrogen-bond donors (Lipinski definition) is 0. The van der Waals surface area contributed by atoms with E-state index in [0.29, 0.717) is 0 Å². The van der Waals surface area contributed by atoms with E-state index in [-0.39, 0.29) is 0 Å². The van der Waals surface area contributed by atoms with E-state index < -0.39 is 0 Å². The summed E-state index contributed by atoms with van der Waals surface area (Å²) in [6.07, 6.45) is 11.7. The van der Waals surface area contributed by atoms with Gasteiger partial charge in [-0.2, -0.15) is 0 Å². The first-order valence-electron chi connectivity index (χ1n) is 8.40. The van der Waals surface area contributed by atoms with E-state index in [2.05, 4.69) is 60.4 Å². The Kier molecular flexibility index (Phi) is 4.06. The third kappa shape index (κ3) is 2.94. The summed E-state index contributed by atoms with van der Waals surface area (Å²) >= 11 is 6.19. The molecule has 2 aliphatic heterocycles. The molecule has 3 heterocycles. The number of fused-ring (bicyclic) bond motifs is 1. The van der Waals surface area contributed by atoms with E-state index in [4.69, 9.17) is 11.6 Å². The number of allylic oxidation sites excluding steroid dienone is 5. The van der Waals surface area contributed by atoms with Crippen LogP contribution < -0.4 is 0 Å². The summed E-state index contributed by atoms with van der Waals surface area (Å²) in [7, 11) is 0. The molecule has 1 aromatic heterocycles. The van der Waals surface area contributed by atoms with Gasteiger partial charge in [-0.1, -0.05) is 35.9 Å². The molecular weight excluding hydrogens is 328 g/mol. The van der Waals surface area contributed by atoms with Crippen LogP contribution in [0.4, 0.5) is 0 Å². The summed E-state index contributed by atoms with van der Waals surface area (Å²) in [6, 6.07) is 12.0. The van der Waals surface area contributed by atoms with Crippen LogP contribution in [-0.4, -0.2) is 9.88 Å². The minimum absolute atomic E-state index is 0.721. The fourth-order valence-electron chi connectivity index (χ4n) is 3.35. The summed E-state index contributed by atoms with van der Waals surface area (Å²) in [5, 5.41) is 0.721. The molecule has 0 saturated carbocycles. The van der Waals surface area contributed by atoms with Gasteiger partial charge in [0.25, 0.3) is 0 Å². The number of halogens is 1. The molecule has 4 rings (SSSR count). The van der Waals surface area contributed by atoms with E-state index >= 15 is 0 Å². The van der Waals surface area contributed by atoms with E-state index in [0.717, 1.165) is 28.3 Å². The Labute approximate surface area is 153 Å². The van der Waals surface area contributed by atoms with Crippen molar-refractivity contribution in [2.45, 2.75) is 20.3 Å². The normalized spacial score (nSPS) is 16.5. The van der Waals surface area contributed by atoms with Crippen molar-refractivity contribution in [3.8, 4) is 11.3 Å². The largest absolute Gasteiger partial charge is 0.324 e. The Bertz CT molecular complexity index is 963. The predicted octanol–water partition coefficient (Wildman–Crippen LogP) is 6.20. The molecule has 0 spiro atoms. The van der Waals surface area contributed by atoms with Gasteiger partial charge in [-0.25, -0.2) is 0 Å². The van der Waals surface area contributed by atoms with Gasteiger partial charge in [0.1, 0.15) is 0 Å². The molecule has 0 bridgehead atoms. The van der Waals surface area contributed by atoms with Crippen molar-refractivity contribution in [2.75, 3.05) is 0 Å². The molecule has 2 nitrogen and oxygen atoms in total. The van der Waals surface area contributed by atoms with Crippen LogP contribution in [0.3, 0.4) is 0 Å². The maximum absolute atomic E-state index is 6.19. The minimum Gasteiger partial charge on any atom is -0.324 e. The number of pyridine rings is 1. The molecule has 0 radical (unpaired) electrons. The second-order valence-corrected chi connectivity index (χ2v) is 6.88. The van der Waals surface area contributed by atoms with E-state index in [1.807, 2.05) is 30.5 Å². The zero-order valence-electron chi connectivity index (χ0n) is 14.3. The van der Waals surface area contributed by atoms with Gasteiger partial charge in [-0.15, -0.1) is 0 Å². The van der Waals surface area contributed by atoms with Crippen LogP contribution in [0.15, 0.2) is 84.0 Å². The van der Waals surface area contributed by atoms with Crippen molar-refractivity contribution in [1.29, 1.82) is 0 Å². The highest BCUT2D eigenvalue weighted by Gasteiger charge is 2.20. The van der Waals surface area contributed by atoms with Crippen molar-refractivity contribution in [3.63, 3.8) is 0 Å². The zero-order chi connectivity index (χ0) is 17.4. The van der Waals surface area contributed by atoms with Gasteiger partial charge >= 0.3 is 0 Å². The Morgan fingerprint density at radius 1 is 1.12 bits per heavy atom. The molecule has 25 heavy (non-hydrogen) atoms. The van der Waals surface area contributed by atoms with Gasteiger partial charge in [0.05, 0.1) is 5.69 Å². The van der Waals surface area contributed by atoms with E-state index in [1.54, 1.807) is 0 Å². The highest BCUT2D eigenvalue weighted by molar-refractivity contribution is 6.30. The molecule has 0 aliphatic carbocycles. The molecular formula is C22H19ClN2. The Morgan fingerprint density at radius 3 is 2.84 bits per heavy atom. The van der Waals surface area contributed by atoms with Crippen LogP contribution >= 0.6 is 11.6 Å². The average Bonchev–Trinajstić information content (AvgIpc) is 2.62. The molecule has 124 valence electrons. The zero-order valence-corrected chi connectivity index (χ0v) is 15.1. The molecule has 2 aromatic rings. The topological polar surface area (TPSA) is 16.1 Å². The molecule has 2 aliphatic rings. The summed E-state index contributed by atoms with van der Waals surface area (Å²) in [6.45, 7) is 4.35. The first-order valence-corrected chi connectivity index (χ1v) is 8.78. The predicted molar refractivity (Wildman–Crippen MR) is 105 cm³/mol. The Hall–Kier alpha value is -2.58. The van der Waals surface area contributed by atoms with E-state index in [9.17, 15) is 0 Å². The molecule has 0 unspecified atom stereocenters. The molecule has 0 atom stereocenters. The summed E-state index contributed by atoms with van der Waals surface area (Å²) in [4.78, 5) is 6.85. The molecule has 0 saturated heterocycles. The van der Waals surface area contributed by atoms with Crippen LogP contribution in [-0.2, 0) is 0 Å². The second kappa shape index (κ2) is 6.38. The molecule has 0 N–H and O–H groups in total. The first kappa shape index (κ1) is 15.9. The van der Waals surface area contributed by atoms with Gasteiger partial charge in [-0.05, 0) is 55.7 Å². The van der Waals surface area contributed by atoms with Crippen molar-refractivity contribution < 1.29 is 0 Å². The molecule has 0 fully saturated rings. The first-order chi connectivity index (χ1) is 12.1. The van der Waals surface area contributed by atoms with Crippen molar-refractivity contribution >= 4 is 17.2 Å². The number of nitrogens with zero attached hydrogens (tertiary/aromatic N) is 2. The highest BCUT2D eigenvalue weighted by atomic mass is 35.5. The monoisotopic (exact) mass is 346 g/mol. The fraction of sp³-hybridized carbons (Fsp3) is 0.136. The Balaban J connectivity index is 1.85. The van der Waals surface area contributed by atoms with Gasteiger partial charge in [0.15, 0.2) is 0 Å². The lowest BCUT2D eigenvalue weighted by atomic mass is 9.91. The smallest absolute Gasteiger partial charge is 0.0781 e. The van der Waals surface area contributed by atoms with Gasteiger partial charge in [0.2, 0.25) is 0 Å². The van der Waals surface area contributed by atoms with Crippen LogP contribution in [0.1, 0.15) is 25.8 Å². The number of hydrogen-bond acceptors (Lipinski definition) is 2. The van der Waals surface area contributed by atoms with Gasteiger partial charge < -0.3 is 4.90 Å². The average molecular weight is 347 g/mol. The van der Waals surface area contributed by atoms with Crippen LogP contribution in [0.5, 0.6) is 0 Å². The van der Waals surface area contributed by atoms with Crippen LogP contribution in [0.2, 0.25) is 5.02 Å². The lowest BCUT2D eigenvalue weighted by Gasteiger charge is -2.30. The molecule has 0 amide bonds. The maximum Gasteiger partial charge on any atom is 0.0781 e. The lowest BCUT2D eigenvalue weighted by molar-refractivity contribution is 0.617. The van der Waals surface area contributed by atoms with Crippen LogP contribution in [0.25, 0.3) is 16.8 Å². The quantitative estimate of drug-likeness (QED) is 0.643. The van der Waals surface area contributed by atoms with Crippen molar-refractivity contribution in [2.24, 2.45) is 0 Å². The Morgan fingerprint density at radius 2 is 2.00 bits per heavy atom. The van der Waals surface area contributed by atoms with Crippen LogP contribution in [0, 0.1) is 0 Å². The SMILES string of the molecule is CC1=CC2=C(C)CC=CN2C=C1c1cccnc1-c1cccc(Cl)c1. The van der Waals surface area contributed by atoms with Crippen molar-refractivity contribution in [1.82, 2.24) is 9.88 Å². The van der Waals surface area contributed by atoms with E-state index in [1.165, 1.54) is 22.4 Å². The summed E-state index contributed by atoms with van der Waals surface area (Å²) in [5.41, 5.74) is 8.20. The highest BCUT2D eigenvalue weighted by Crippen LogP contribution is 2.37. The fourth-order valence-corrected chi connectivity index (χ4v) is 3.54. The lowest BCUT2D eigenvalue weighted by Crippen LogP contribution is -2.17. The number of rotatable bonds is 2.